The van der Waals surface area contributed by atoms with E-state index >= 15 is 0 Å². The molecule has 0 aliphatic carbocycles. The third-order valence-electron chi connectivity index (χ3n) is 3.39. The van der Waals surface area contributed by atoms with Gasteiger partial charge in [0.15, 0.2) is 0 Å². The molecule has 0 atom stereocenters. The number of hydrazone groups is 1. The first-order valence-electron chi connectivity index (χ1n) is 7.62. The van der Waals surface area contributed by atoms with Gasteiger partial charge in [-0.15, -0.1) is 0 Å². The summed E-state index contributed by atoms with van der Waals surface area (Å²) in [5.41, 5.74) is 5.81. The van der Waals surface area contributed by atoms with Crippen LogP contribution in [0.4, 0.5) is 0 Å². The van der Waals surface area contributed by atoms with E-state index < -0.39 is 0 Å². The number of hydrogen-bond acceptors (Lipinski definition) is 2. The van der Waals surface area contributed by atoms with E-state index in [9.17, 15) is 4.79 Å². The molecule has 0 aliphatic heterocycles. The number of carbonyl (C=O) groups is 1. The van der Waals surface area contributed by atoms with Crippen molar-refractivity contribution in [2.75, 3.05) is 0 Å². The van der Waals surface area contributed by atoms with Gasteiger partial charge < -0.3 is 0 Å². The molecule has 2 rings (SSSR count). The van der Waals surface area contributed by atoms with Crippen molar-refractivity contribution < 1.29 is 4.79 Å². The minimum absolute atomic E-state index is 0.131. The van der Waals surface area contributed by atoms with Crippen molar-refractivity contribution >= 4 is 18.2 Å². The van der Waals surface area contributed by atoms with Gasteiger partial charge in [-0.05, 0) is 28.2 Å². The minimum atomic E-state index is -0.253. The van der Waals surface area contributed by atoms with Crippen LogP contribution >= 0.6 is 0 Å². The van der Waals surface area contributed by atoms with Crippen LogP contribution in [0.1, 0.15) is 37.5 Å². The lowest BCUT2D eigenvalue weighted by molar-refractivity contribution is -0.116. The van der Waals surface area contributed by atoms with Crippen LogP contribution < -0.4 is 5.43 Å². The zero-order valence-corrected chi connectivity index (χ0v) is 13.8. The second-order valence-corrected chi connectivity index (χ2v) is 6.35. The van der Waals surface area contributed by atoms with E-state index in [1.807, 2.05) is 42.5 Å². The fraction of sp³-hybridized carbons (Fsp3) is 0.200. The fourth-order valence-electron chi connectivity index (χ4n) is 2.01. The van der Waals surface area contributed by atoms with Crippen molar-refractivity contribution in [3.05, 3.63) is 77.4 Å². The number of nitrogens with one attached hydrogen (secondary N) is 1. The Balaban J connectivity index is 1.89. The molecule has 0 bridgehead atoms. The molecule has 0 saturated carbocycles. The zero-order chi connectivity index (χ0) is 16.7. The lowest BCUT2D eigenvalue weighted by atomic mass is 9.87. The average molecular weight is 306 g/mol. The van der Waals surface area contributed by atoms with Crippen molar-refractivity contribution in [2.45, 2.75) is 26.2 Å². The number of nitrogens with zero attached hydrogens (tertiary/aromatic N) is 1. The van der Waals surface area contributed by atoms with E-state index in [0.717, 1.165) is 11.1 Å². The Hall–Kier alpha value is -2.68. The molecule has 0 fully saturated rings. The Kier molecular flexibility index (Phi) is 5.47. The monoisotopic (exact) mass is 306 g/mol. The van der Waals surface area contributed by atoms with Gasteiger partial charge in [0, 0.05) is 6.08 Å². The zero-order valence-electron chi connectivity index (χ0n) is 13.8. The van der Waals surface area contributed by atoms with Gasteiger partial charge in [0.05, 0.1) is 6.21 Å². The molecule has 3 nitrogen and oxygen atoms in total. The summed E-state index contributed by atoms with van der Waals surface area (Å²) < 4.78 is 0. The van der Waals surface area contributed by atoms with Gasteiger partial charge in [-0.25, -0.2) is 5.43 Å². The molecule has 0 aliphatic rings. The molecule has 3 heteroatoms. The first kappa shape index (κ1) is 16.7. The quantitative estimate of drug-likeness (QED) is 0.514. The van der Waals surface area contributed by atoms with Crippen LogP contribution in [-0.4, -0.2) is 12.1 Å². The molecule has 118 valence electrons. The summed E-state index contributed by atoms with van der Waals surface area (Å²) in [6.45, 7) is 6.53. The SMILES string of the molecule is CC(C)(C)c1ccc(/C=N/NC(=O)/C=C/c2ccccc2)cc1. The standard InChI is InChI=1S/C20H22N2O/c1-20(2,3)18-12-9-17(10-13-18)15-21-22-19(23)14-11-16-7-5-4-6-8-16/h4-15H,1-3H3,(H,22,23)/b14-11+,21-15+. The summed E-state index contributed by atoms with van der Waals surface area (Å²) in [5.74, 6) is -0.253. The predicted octanol–water partition coefficient (Wildman–Crippen LogP) is 4.15. The fourth-order valence-corrected chi connectivity index (χ4v) is 2.01. The molecule has 1 amide bonds. The first-order chi connectivity index (χ1) is 10.9. The molecule has 23 heavy (non-hydrogen) atoms. The van der Waals surface area contributed by atoms with Crippen LogP contribution in [0.2, 0.25) is 0 Å². The van der Waals surface area contributed by atoms with Crippen LogP contribution in [0.15, 0.2) is 65.8 Å². The van der Waals surface area contributed by atoms with Crippen LogP contribution in [-0.2, 0) is 10.2 Å². The third kappa shape index (κ3) is 5.55. The van der Waals surface area contributed by atoms with Crippen LogP contribution in [0.5, 0.6) is 0 Å². The molecule has 1 N–H and O–H groups in total. The Bertz CT molecular complexity index is 693. The van der Waals surface area contributed by atoms with Gasteiger partial charge in [0.1, 0.15) is 0 Å². The van der Waals surface area contributed by atoms with Gasteiger partial charge in [-0.1, -0.05) is 75.4 Å². The molecule has 0 heterocycles. The smallest absolute Gasteiger partial charge is 0.264 e. The number of benzene rings is 2. The molecule has 0 saturated heterocycles. The topological polar surface area (TPSA) is 41.5 Å². The van der Waals surface area contributed by atoms with Gasteiger partial charge in [-0.3, -0.25) is 4.79 Å². The highest BCUT2D eigenvalue weighted by atomic mass is 16.2. The second-order valence-electron chi connectivity index (χ2n) is 6.35. The van der Waals surface area contributed by atoms with Crippen molar-refractivity contribution in [1.82, 2.24) is 5.43 Å². The normalized spacial score (nSPS) is 12.0. The Morgan fingerprint density at radius 3 is 2.22 bits per heavy atom. The highest BCUT2D eigenvalue weighted by molar-refractivity contribution is 5.92. The van der Waals surface area contributed by atoms with Crippen molar-refractivity contribution in [1.29, 1.82) is 0 Å². The van der Waals surface area contributed by atoms with Gasteiger partial charge in [0.2, 0.25) is 0 Å². The van der Waals surface area contributed by atoms with Crippen LogP contribution in [0.3, 0.4) is 0 Å². The summed E-state index contributed by atoms with van der Waals surface area (Å²) >= 11 is 0. The van der Waals surface area contributed by atoms with E-state index in [1.54, 1.807) is 12.3 Å². The van der Waals surface area contributed by atoms with E-state index in [1.165, 1.54) is 11.6 Å². The molecule has 2 aromatic rings. The summed E-state index contributed by atoms with van der Waals surface area (Å²) in [6.07, 6.45) is 4.86. The number of carbonyl (C=O) groups excluding carboxylic acids is 1. The Morgan fingerprint density at radius 1 is 0.957 bits per heavy atom. The van der Waals surface area contributed by atoms with Crippen LogP contribution in [0.25, 0.3) is 6.08 Å². The molecule has 0 aromatic heterocycles. The summed E-state index contributed by atoms with van der Waals surface area (Å²) in [4.78, 5) is 11.7. The number of hydrogen-bond donors (Lipinski definition) is 1. The van der Waals surface area contributed by atoms with E-state index in [4.69, 9.17) is 0 Å². The number of rotatable bonds is 4. The molecular formula is C20H22N2O. The minimum Gasteiger partial charge on any atom is -0.268 e. The Labute approximate surface area is 137 Å². The van der Waals surface area contributed by atoms with E-state index in [2.05, 4.69) is 43.4 Å². The maximum Gasteiger partial charge on any atom is 0.264 e. The van der Waals surface area contributed by atoms with Crippen molar-refractivity contribution in [3.8, 4) is 0 Å². The Morgan fingerprint density at radius 2 is 1.61 bits per heavy atom. The second kappa shape index (κ2) is 7.54. The summed E-state index contributed by atoms with van der Waals surface area (Å²) in [6, 6.07) is 17.8. The van der Waals surface area contributed by atoms with Gasteiger partial charge >= 0.3 is 0 Å². The highest BCUT2D eigenvalue weighted by Gasteiger charge is 2.12. The van der Waals surface area contributed by atoms with Crippen LogP contribution in [0, 0.1) is 0 Å². The molecule has 0 unspecified atom stereocenters. The average Bonchev–Trinajstić information content (AvgIpc) is 2.53. The lowest BCUT2D eigenvalue weighted by Gasteiger charge is -2.18. The van der Waals surface area contributed by atoms with E-state index in [-0.39, 0.29) is 11.3 Å². The number of amides is 1. The van der Waals surface area contributed by atoms with Crippen molar-refractivity contribution in [3.63, 3.8) is 0 Å². The van der Waals surface area contributed by atoms with Gasteiger partial charge in [-0.2, -0.15) is 5.10 Å². The largest absolute Gasteiger partial charge is 0.268 e. The summed E-state index contributed by atoms with van der Waals surface area (Å²) in [5, 5.41) is 3.97. The lowest BCUT2D eigenvalue weighted by Crippen LogP contribution is -2.14. The first-order valence-corrected chi connectivity index (χ1v) is 7.62. The highest BCUT2D eigenvalue weighted by Crippen LogP contribution is 2.21. The molecule has 0 radical (unpaired) electrons. The van der Waals surface area contributed by atoms with Gasteiger partial charge in [0.25, 0.3) is 5.91 Å². The van der Waals surface area contributed by atoms with Crippen molar-refractivity contribution in [2.24, 2.45) is 5.10 Å². The molecule has 0 spiro atoms. The van der Waals surface area contributed by atoms with E-state index in [0.29, 0.717) is 0 Å². The summed E-state index contributed by atoms with van der Waals surface area (Å²) in [7, 11) is 0. The molecule has 2 aromatic carbocycles. The maximum atomic E-state index is 11.7. The predicted molar refractivity (Wildman–Crippen MR) is 96.4 cm³/mol. The third-order valence-corrected chi connectivity index (χ3v) is 3.39. The maximum absolute atomic E-state index is 11.7. The molecular weight excluding hydrogens is 284 g/mol.